The van der Waals surface area contributed by atoms with Crippen molar-refractivity contribution in [2.75, 3.05) is 20.3 Å². The van der Waals surface area contributed by atoms with Gasteiger partial charge in [-0.15, -0.1) is 0 Å². The molecule has 3 N–H and O–H groups in total. The topological polar surface area (TPSA) is 118 Å². The Bertz CT molecular complexity index is 1350. The minimum atomic E-state index is -0.739. The van der Waals surface area contributed by atoms with Crippen LogP contribution in [0.5, 0.6) is 0 Å². The first-order valence-electron chi connectivity index (χ1n) is 14.5. The van der Waals surface area contributed by atoms with Crippen LogP contribution in [0.2, 0.25) is 5.02 Å². The van der Waals surface area contributed by atoms with Crippen LogP contribution in [0, 0.1) is 0 Å². The average molecular weight is 583 g/mol. The molecule has 3 aromatic rings. The summed E-state index contributed by atoms with van der Waals surface area (Å²) in [6.45, 7) is 0.923. The van der Waals surface area contributed by atoms with Gasteiger partial charge in [-0.05, 0) is 55.4 Å². The molecule has 1 aliphatic carbocycles. The number of amides is 1. The number of hydrogen-bond acceptors (Lipinski definition) is 5. The Balaban J connectivity index is 1.25. The number of aliphatic carboxylic acids is 1. The van der Waals surface area contributed by atoms with E-state index in [2.05, 4.69) is 22.4 Å². The zero-order valence-electron chi connectivity index (χ0n) is 23.6. The number of aromatic nitrogens is 1. The molecule has 41 heavy (non-hydrogen) atoms. The Morgan fingerprint density at radius 1 is 1.00 bits per heavy atom. The number of carbonyl (C=O) groups is 3. The first-order chi connectivity index (χ1) is 19.8. The Morgan fingerprint density at radius 3 is 2.32 bits per heavy atom. The number of unbranched alkanes of at least 4 members (excludes halogenated alkanes) is 5. The van der Waals surface area contributed by atoms with Crippen LogP contribution in [-0.2, 0) is 24.7 Å². The van der Waals surface area contributed by atoms with Crippen LogP contribution in [0.3, 0.4) is 0 Å². The molecule has 1 aliphatic rings. The molecule has 220 valence electrons. The van der Waals surface area contributed by atoms with Gasteiger partial charge in [0.1, 0.15) is 0 Å². The largest absolute Gasteiger partial charge is 0.481 e. The van der Waals surface area contributed by atoms with Gasteiger partial charge >= 0.3 is 11.9 Å². The van der Waals surface area contributed by atoms with Gasteiger partial charge in [-0.2, -0.15) is 0 Å². The number of esters is 1. The molecule has 1 amide bonds. The molecule has 2 aromatic carbocycles. The minimum absolute atomic E-state index is 0.0399. The quantitative estimate of drug-likeness (QED) is 0.124. The molecule has 0 bridgehead atoms. The van der Waals surface area contributed by atoms with Crippen LogP contribution in [-0.4, -0.2) is 48.2 Å². The molecule has 0 atom stereocenters. The number of halogens is 1. The molecule has 0 unspecified atom stereocenters. The van der Waals surface area contributed by atoms with E-state index in [0.717, 1.165) is 85.4 Å². The molecule has 1 saturated carbocycles. The molecule has 0 spiro atoms. The van der Waals surface area contributed by atoms with Crippen molar-refractivity contribution in [2.24, 2.45) is 0 Å². The van der Waals surface area contributed by atoms with Crippen LogP contribution < -0.4 is 5.32 Å². The van der Waals surface area contributed by atoms with Gasteiger partial charge < -0.3 is 24.9 Å². The molecule has 4 rings (SSSR count). The number of H-pyrrole nitrogens is 1. The summed E-state index contributed by atoms with van der Waals surface area (Å²) in [6.07, 6.45) is 10.8. The molecular formula is C32H39ClN2O6. The van der Waals surface area contributed by atoms with Crippen molar-refractivity contribution in [3.8, 4) is 11.1 Å². The van der Waals surface area contributed by atoms with E-state index in [0.29, 0.717) is 30.2 Å². The standard InChI is InChI=1S/C32H39ClN2O6/c1-40-31(39)26-21-35-28-20-27(33)24(19-25(26)28)22-11-13-23(14-12-22)32(15-8-16-32)41-18-17-34-29(36)9-6-4-2-3-5-7-10-30(37)38/h11-14,19-21,35H,2-10,15-18H2,1H3,(H,34,36)(H,37,38). The number of carbonyl (C=O) groups excluding carboxylic acids is 2. The highest BCUT2D eigenvalue weighted by molar-refractivity contribution is 6.34. The lowest BCUT2D eigenvalue weighted by atomic mass is 9.74. The van der Waals surface area contributed by atoms with Crippen molar-refractivity contribution in [3.63, 3.8) is 0 Å². The third-order valence-electron chi connectivity index (χ3n) is 7.90. The molecule has 0 aliphatic heterocycles. The molecule has 0 radical (unpaired) electrons. The smallest absolute Gasteiger partial charge is 0.340 e. The lowest BCUT2D eigenvalue weighted by molar-refractivity contribution is -0.137. The van der Waals surface area contributed by atoms with E-state index in [1.54, 1.807) is 6.20 Å². The summed E-state index contributed by atoms with van der Waals surface area (Å²) in [5.41, 5.74) is 3.79. The highest BCUT2D eigenvalue weighted by Gasteiger charge is 2.39. The predicted octanol–water partition coefficient (Wildman–Crippen LogP) is 6.99. The number of nitrogens with one attached hydrogen (secondary N) is 2. The van der Waals surface area contributed by atoms with Crippen molar-refractivity contribution in [3.05, 3.63) is 58.7 Å². The maximum absolute atomic E-state index is 12.2. The van der Waals surface area contributed by atoms with Crippen LogP contribution >= 0.6 is 11.6 Å². The molecular weight excluding hydrogens is 544 g/mol. The van der Waals surface area contributed by atoms with E-state index >= 15 is 0 Å². The Hall–Kier alpha value is -3.36. The van der Waals surface area contributed by atoms with Crippen molar-refractivity contribution in [1.82, 2.24) is 10.3 Å². The summed E-state index contributed by atoms with van der Waals surface area (Å²) in [5.74, 6) is -1.10. The molecule has 8 nitrogen and oxygen atoms in total. The second kappa shape index (κ2) is 14.5. The number of methoxy groups -OCH3 is 1. The summed E-state index contributed by atoms with van der Waals surface area (Å²) in [6, 6.07) is 12.0. The van der Waals surface area contributed by atoms with Gasteiger partial charge in [-0.25, -0.2) is 4.79 Å². The van der Waals surface area contributed by atoms with Crippen LogP contribution in [0.1, 0.15) is 86.6 Å². The van der Waals surface area contributed by atoms with Crippen LogP contribution in [0.25, 0.3) is 22.0 Å². The van der Waals surface area contributed by atoms with Gasteiger partial charge in [0.15, 0.2) is 0 Å². The van der Waals surface area contributed by atoms with Crippen LogP contribution in [0.15, 0.2) is 42.6 Å². The Kier molecular flexibility index (Phi) is 10.8. The van der Waals surface area contributed by atoms with Crippen molar-refractivity contribution in [2.45, 2.75) is 76.2 Å². The number of rotatable bonds is 16. The fraction of sp³-hybridized carbons (Fsp3) is 0.469. The first kappa shape index (κ1) is 30.6. The maximum Gasteiger partial charge on any atom is 0.340 e. The lowest BCUT2D eigenvalue weighted by Crippen LogP contribution is -2.39. The number of ether oxygens (including phenoxy) is 2. The SMILES string of the molecule is COC(=O)c1c[nH]c2cc(Cl)c(-c3ccc(C4(OCCNC(=O)CCCCCCCCC(=O)O)CCC4)cc3)cc12. The van der Waals surface area contributed by atoms with Gasteiger partial charge in [0.25, 0.3) is 0 Å². The van der Waals surface area contributed by atoms with E-state index in [-0.39, 0.29) is 17.9 Å². The van der Waals surface area contributed by atoms with Crippen molar-refractivity contribution >= 4 is 40.3 Å². The van der Waals surface area contributed by atoms with Gasteiger partial charge in [0, 0.05) is 42.0 Å². The summed E-state index contributed by atoms with van der Waals surface area (Å²) in [4.78, 5) is 38.0. The second-order valence-electron chi connectivity index (χ2n) is 10.7. The Morgan fingerprint density at radius 2 is 1.68 bits per heavy atom. The molecule has 9 heteroatoms. The zero-order valence-corrected chi connectivity index (χ0v) is 24.4. The van der Waals surface area contributed by atoms with Crippen molar-refractivity contribution < 1.29 is 29.0 Å². The summed E-state index contributed by atoms with van der Waals surface area (Å²) < 4.78 is 11.2. The zero-order chi connectivity index (χ0) is 29.2. The lowest BCUT2D eigenvalue weighted by Gasteiger charge is -2.42. The van der Waals surface area contributed by atoms with E-state index in [1.165, 1.54) is 7.11 Å². The highest BCUT2D eigenvalue weighted by atomic mass is 35.5. The van der Waals surface area contributed by atoms with E-state index < -0.39 is 11.9 Å². The van der Waals surface area contributed by atoms with Crippen molar-refractivity contribution in [1.29, 1.82) is 0 Å². The fourth-order valence-electron chi connectivity index (χ4n) is 5.41. The third kappa shape index (κ3) is 7.89. The number of benzene rings is 2. The number of fused-ring (bicyclic) bond motifs is 1. The van der Waals surface area contributed by atoms with Crippen LogP contribution in [0.4, 0.5) is 0 Å². The summed E-state index contributed by atoms with van der Waals surface area (Å²) >= 11 is 6.60. The second-order valence-corrected chi connectivity index (χ2v) is 11.1. The van der Waals surface area contributed by atoms with Gasteiger partial charge in [-0.3, -0.25) is 9.59 Å². The normalized spacial score (nSPS) is 14.0. The first-order valence-corrected chi connectivity index (χ1v) is 14.8. The highest BCUT2D eigenvalue weighted by Crippen LogP contribution is 2.45. The molecule has 0 saturated heterocycles. The van der Waals surface area contributed by atoms with Gasteiger partial charge in [0.2, 0.25) is 5.91 Å². The van der Waals surface area contributed by atoms with E-state index in [9.17, 15) is 14.4 Å². The number of hydrogen-bond donors (Lipinski definition) is 3. The van der Waals surface area contributed by atoms with Gasteiger partial charge in [-0.1, -0.05) is 61.5 Å². The Labute approximate surface area is 245 Å². The summed E-state index contributed by atoms with van der Waals surface area (Å²) in [5, 5.41) is 13.0. The van der Waals surface area contributed by atoms with Gasteiger partial charge in [0.05, 0.1) is 29.9 Å². The fourth-order valence-corrected chi connectivity index (χ4v) is 5.68. The predicted molar refractivity (Wildman–Crippen MR) is 159 cm³/mol. The average Bonchev–Trinajstić information content (AvgIpc) is 3.35. The number of carboxylic acid groups (broad SMARTS) is 1. The third-order valence-corrected chi connectivity index (χ3v) is 8.22. The monoisotopic (exact) mass is 582 g/mol. The summed E-state index contributed by atoms with van der Waals surface area (Å²) in [7, 11) is 1.36. The number of aromatic amines is 1. The molecule has 1 heterocycles. The van der Waals surface area contributed by atoms with E-state index in [4.69, 9.17) is 26.2 Å². The number of carboxylic acids is 1. The maximum atomic E-state index is 12.2. The molecule has 1 fully saturated rings. The minimum Gasteiger partial charge on any atom is -0.481 e. The molecule has 1 aromatic heterocycles. The van der Waals surface area contributed by atoms with E-state index in [1.807, 2.05) is 24.3 Å².